The van der Waals surface area contributed by atoms with Crippen molar-refractivity contribution in [3.05, 3.63) is 71.5 Å². The van der Waals surface area contributed by atoms with E-state index in [-0.39, 0.29) is 42.4 Å². The van der Waals surface area contributed by atoms with Gasteiger partial charge in [0.25, 0.3) is 5.91 Å². The van der Waals surface area contributed by atoms with Crippen molar-refractivity contribution in [1.29, 1.82) is 0 Å². The lowest BCUT2D eigenvalue weighted by atomic mass is 9.84. The Kier molecular flexibility index (Phi) is 12.4. The third kappa shape index (κ3) is 8.79. The molecule has 0 radical (unpaired) electrons. The predicted octanol–water partition coefficient (Wildman–Crippen LogP) is 6.03. The summed E-state index contributed by atoms with van der Waals surface area (Å²) in [6.45, 7) is 13.6. The van der Waals surface area contributed by atoms with Gasteiger partial charge >= 0.3 is 5.97 Å². The van der Waals surface area contributed by atoms with Crippen molar-refractivity contribution in [2.45, 2.75) is 105 Å². The number of amides is 3. The third-order valence-corrected chi connectivity index (χ3v) is 12.4. The van der Waals surface area contributed by atoms with E-state index >= 15 is 0 Å². The summed E-state index contributed by atoms with van der Waals surface area (Å²) in [6.07, 6.45) is 6.07. The number of phenolic OH excluding ortho intramolecular Hbond substituents is 1. The number of rotatable bonds is 9. The Morgan fingerprint density at radius 1 is 1.13 bits per heavy atom. The number of fused-ring (bicyclic) bond motifs is 6. The number of methoxy groups -OCH3 is 1. The molecule has 1 aliphatic carbocycles. The number of likely N-dealkylation sites (N-methyl/N-ethyl adjacent to an activating group) is 1. The number of ether oxygens (including phenoxy) is 2. The van der Waals surface area contributed by atoms with Gasteiger partial charge in [0.1, 0.15) is 23.9 Å². The third-order valence-electron chi connectivity index (χ3n) is 12.4. The topological polar surface area (TPSA) is 155 Å². The van der Waals surface area contributed by atoms with Crippen LogP contribution >= 0.6 is 0 Å². The fourth-order valence-electron chi connectivity index (χ4n) is 9.18. The van der Waals surface area contributed by atoms with E-state index in [4.69, 9.17) is 9.47 Å². The summed E-state index contributed by atoms with van der Waals surface area (Å²) in [5.74, 6) is -1.47. The fraction of sp³-hybridized carbons (Fsp3) is 0.511. The van der Waals surface area contributed by atoms with Gasteiger partial charge in [0.15, 0.2) is 0 Å². The van der Waals surface area contributed by atoms with Crippen molar-refractivity contribution >= 4 is 34.6 Å². The fourth-order valence-corrected chi connectivity index (χ4v) is 9.18. The minimum absolute atomic E-state index is 0.0186. The zero-order valence-corrected chi connectivity index (χ0v) is 36.2. The number of esters is 1. The summed E-state index contributed by atoms with van der Waals surface area (Å²) in [5.41, 5.74) is 9.94. The number of pyridine rings is 1. The van der Waals surface area contributed by atoms with E-state index in [0.717, 1.165) is 50.8 Å². The molecule has 0 spiro atoms. The van der Waals surface area contributed by atoms with E-state index < -0.39 is 41.3 Å². The van der Waals surface area contributed by atoms with E-state index in [1.54, 1.807) is 32.5 Å². The summed E-state index contributed by atoms with van der Waals surface area (Å²) >= 11 is 0. The van der Waals surface area contributed by atoms with Crippen LogP contribution in [0.25, 0.3) is 33.3 Å². The van der Waals surface area contributed by atoms with Gasteiger partial charge in [0.2, 0.25) is 11.8 Å². The highest BCUT2D eigenvalue weighted by Gasteiger charge is 2.44. The number of phenols is 1. The van der Waals surface area contributed by atoms with Crippen LogP contribution in [0.4, 0.5) is 0 Å². The van der Waals surface area contributed by atoms with Crippen molar-refractivity contribution in [2.75, 3.05) is 27.3 Å². The molecule has 6 bridgehead atoms. The number of aromatic hydroxyl groups is 1. The maximum absolute atomic E-state index is 14.6. The average Bonchev–Trinajstić information content (AvgIpc) is 3.88. The van der Waals surface area contributed by atoms with Crippen molar-refractivity contribution in [2.24, 2.45) is 23.2 Å². The summed E-state index contributed by atoms with van der Waals surface area (Å²) < 4.78 is 14.0. The maximum Gasteiger partial charge on any atom is 0.324 e. The largest absolute Gasteiger partial charge is 0.508 e. The van der Waals surface area contributed by atoms with Crippen molar-refractivity contribution in [3.8, 4) is 28.1 Å². The first-order valence-corrected chi connectivity index (χ1v) is 21.3. The van der Waals surface area contributed by atoms with Crippen LogP contribution in [0.15, 0.2) is 54.9 Å². The van der Waals surface area contributed by atoms with Gasteiger partial charge in [-0.3, -0.25) is 29.2 Å². The molecule has 3 aliphatic rings. The maximum atomic E-state index is 14.6. The number of hydrogen-bond acceptors (Lipinski definition) is 9. The monoisotopic (exact) mass is 820 g/mol. The second-order valence-electron chi connectivity index (χ2n) is 18.1. The molecule has 13 nitrogen and oxygen atoms in total. The normalized spacial score (nSPS) is 22.2. The number of nitrogens with zero attached hydrogens (tertiary/aromatic N) is 4. The quantitative estimate of drug-likeness (QED) is 0.172. The van der Waals surface area contributed by atoms with Gasteiger partial charge in [0.05, 0.1) is 18.9 Å². The summed E-state index contributed by atoms with van der Waals surface area (Å²) in [6, 6.07) is 10.8. The lowest BCUT2D eigenvalue weighted by Gasteiger charge is -2.36. The second kappa shape index (κ2) is 17.4. The average molecular weight is 821 g/mol. The number of hydrogen-bond donors (Lipinski definition) is 3. The Morgan fingerprint density at radius 3 is 2.60 bits per heavy atom. The molecule has 4 aromatic rings. The minimum atomic E-state index is -1.09. The highest BCUT2D eigenvalue weighted by atomic mass is 16.5. The molecular weight excluding hydrogens is 761 g/mol. The molecular formula is C47H60N6O7. The number of aryl methyl sites for hydroxylation is 1. The number of nitrogens with one attached hydrogen (secondary N) is 2. The number of carbonyl (C=O) groups excluding carboxylic acids is 4. The van der Waals surface area contributed by atoms with Crippen molar-refractivity contribution < 1.29 is 33.8 Å². The van der Waals surface area contributed by atoms with Crippen LogP contribution in [0.3, 0.4) is 0 Å². The lowest BCUT2D eigenvalue weighted by Crippen LogP contribution is -2.62. The SMILES string of the molecule is CCn1c(-c2cnccc2COC)c2c3cc(ccc31)-c1cc(O)cc(c1)C[C@H](NC(=O)C(C(C)C)N(C)C(=O)[C@@H]1C[C@@H]1C)C(=O)N1CCC[C@H](N1)C(=O)OCC(C)(C)C2. The smallest absolute Gasteiger partial charge is 0.324 e. The van der Waals surface area contributed by atoms with Crippen LogP contribution in [-0.2, 0) is 54.6 Å². The van der Waals surface area contributed by atoms with Gasteiger partial charge in [-0.2, -0.15) is 0 Å². The first kappa shape index (κ1) is 42.8. The van der Waals surface area contributed by atoms with Gasteiger partial charge in [-0.25, -0.2) is 5.43 Å². The molecule has 320 valence electrons. The van der Waals surface area contributed by atoms with Crippen LogP contribution in [0.2, 0.25) is 0 Å². The predicted molar refractivity (Wildman–Crippen MR) is 229 cm³/mol. The number of hydrazine groups is 1. The molecule has 60 heavy (non-hydrogen) atoms. The van der Waals surface area contributed by atoms with E-state index in [0.29, 0.717) is 44.5 Å². The zero-order chi connectivity index (χ0) is 43.0. The molecule has 2 fully saturated rings. The van der Waals surface area contributed by atoms with E-state index in [9.17, 15) is 24.3 Å². The van der Waals surface area contributed by atoms with Gasteiger partial charge in [-0.1, -0.05) is 46.8 Å². The molecule has 5 atom stereocenters. The minimum Gasteiger partial charge on any atom is -0.508 e. The number of benzene rings is 2. The van der Waals surface area contributed by atoms with Crippen LogP contribution < -0.4 is 10.7 Å². The van der Waals surface area contributed by atoms with Gasteiger partial charge in [-0.15, -0.1) is 0 Å². The number of cyclic esters (lactones) is 1. The molecule has 3 N–H and O–H groups in total. The van der Waals surface area contributed by atoms with Crippen LogP contribution in [0, 0.1) is 23.2 Å². The first-order valence-electron chi connectivity index (χ1n) is 21.3. The molecule has 1 unspecified atom stereocenters. The Morgan fingerprint density at radius 2 is 1.90 bits per heavy atom. The highest BCUT2D eigenvalue weighted by Crippen LogP contribution is 2.42. The molecule has 2 aliphatic heterocycles. The van der Waals surface area contributed by atoms with Crippen LogP contribution in [-0.4, -0.2) is 93.7 Å². The molecule has 4 heterocycles. The molecule has 2 aromatic heterocycles. The summed E-state index contributed by atoms with van der Waals surface area (Å²) in [5, 5.41) is 16.7. The lowest BCUT2D eigenvalue weighted by molar-refractivity contribution is -0.155. The first-order chi connectivity index (χ1) is 28.6. The molecule has 1 saturated carbocycles. The summed E-state index contributed by atoms with van der Waals surface area (Å²) in [4.78, 5) is 62.1. The van der Waals surface area contributed by atoms with E-state index in [1.807, 2.05) is 45.2 Å². The number of aromatic nitrogens is 2. The van der Waals surface area contributed by atoms with E-state index in [1.165, 1.54) is 9.91 Å². The van der Waals surface area contributed by atoms with Crippen LogP contribution in [0.1, 0.15) is 77.5 Å². The van der Waals surface area contributed by atoms with Gasteiger partial charge < -0.3 is 29.4 Å². The number of carbonyl (C=O) groups is 4. The zero-order valence-electron chi connectivity index (χ0n) is 36.2. The summed E-state index contributed by atoms with van der Waals surface area (Å²) in [7, 11) is 3.34. The Labute approximate surface area is 352 Å². The Hall–Kier alpha value is -5.27. The second-order valence-corrected chi connectivity index (χ2v) is 18.1. The van der Waals surface area contributed by atoms with E-state index in [2.05, 4.69) is 53.2 Å². The Balaban J connectivity index is 1.34. The molecule has 7 rings (SSSR count). The van der Waals surface area contributed by atoms with Crippen molar-refractivity contribution in [3.63, 3.8) is 0 Å². The highest BCUT2D eigenvalue weighted by molar-refractivity contribution is 5.96. The Bertz CT molecular complexity index is 2280. The molecule has 3 amide bonds. The van der Waals surface area contributed by atoms with Crippen LogP contribution in [0.5, 0.6) is 5.75 Å². The van der Waals surface area contributed by atoms with Gasteiger partial charge in [-0.05, 0) is 103 Å². The van der Waals surface area contributed by atoms with Gasteiger partial charge in [0, 0.05) is 73.9 Å². The van der Waals surface area contributed by atoms with Crippen molar-refractivity contribution in [1.82, 2.24) is 30.2 Å². The molecule has 1 saturated heterocycles. The molecule has 13 heteroatoms. The standard InChI is InChI=1S/C47H60N6O7/c1-9-52-40-13-12-30-22-35(40)36(42(52)37-24-48-15-14-31(37)25-59-8)23-47(5,6)26-60-46(58)38-11-10-16-53(50-38)45(57)39(20-29-18-32(30)21-33(54)19-29)49-43(55)41(27(2)3)51(7)44(56)34-17-28(34)4/h12-15,18-19,21-22,24,27-28,34,38-39,41,50,54H,9-11,16-17,20,23,25-26H2,1-8H3,(H,49,55)/t28-,34+,38-,39-,41?/m0/s1. The molecule has 2 aromatic carbocycles.